The second kappa shape index (κ2) is 7.81. The molecule has 164 valence electrons. The second-order valence-electron chi connectivity index (χ2n) is 8.32. The van der Waals surface area contributed by atoms with Crippen molar-refractivity contribution in [3.05, 3.63) is 70.2 Å². The number of aryl methyl sites for hydroxylation is 2. The van der Waals surface area contributed by atoms with E-state index in [0.29, 0.717) is 30.3 Å². The third-order valence-electron chi connectivity index (χ3n) is 6.22. The maximum Gasteiger partial charge on any atom is 0.257 e. The molecule has 9 heteroatoms. The number of amides is 2. The van der Waals surface area contributed by atoms with E-state index >= 15 is 0 Å². The summed E-state index contributed by atoms with van der Waals surface area (Å²) in [5.74, 6) is 0.654. The van der Waals surface area contributed by atoms with Gasteiger partial charge in [-0.1, -0.05) is 12.1 Å². The van der Waals surface area contributed by atoms with Crippen molar-refractivity contribution in [3.63, 3.8) is 0 Å². The van der Waals surface area contributed by atoms with Crippen LogP contribution in [0.15, 0.2) is 30.5 Å². The first-order chi connectivity index (χ1) is 15.4. The summed E-state index contributed by atoms with van der Waals surface area (Å²) in [6.45, 7) is 4.62. The van der Waals surface area contributed by atoms with Crippen molar-refractivity contribution in [3.8, 4) is 0 Å². The summed E-state index contributed by atoms with van der Waals surface area (Å²) >= 11 is 0. The van der Waals surface area contributed by atoms with Crippen molar-refractivity contribution in [1.82, 2.24) is 25.1 Å². The van der Waals surface area contributed by atoms with E-state index in [1.54, 1.807) is 28.1 Å². The van der Waals surface area contributed by atoms with E-state index in [2.05, 4.69) is 10.2 Å². The van der Waals surface area contributed by atoms with Crippen LogP contribution >= 0.6 is 0 Å². The predicted octanol–water partition coefficient (Wildman–Crippen LogP) is 3.02. The number of aromatic amines is 1. The molecule has 2 aliphatic rings. The number of carbonyl (C=O) groups is 2. The quantitative estimate of drug-likeness (QED) is 0.681. The molecule has 4 heterocycles. The highest BCUT2D eigenvalue weighted by Gasteiger charge is 2.37. The number of halogens is 1. The molecule has 1 unspecified atom stereocenters. The normalized spacial score (nSPS) is 17.8. The number of H-pyrrole nitrogens is 1. The Bertz CT molecular complexity index is 1210. The van der Waals surface area contributed by atoms with Crippen LogP contribution < -0.4 is 4.90 Å². The monoisotopic (exact) mass is 434 g/mol. The van der Waals surface area contributed by atoms with Crippen molar-refractivity contribution in [1.29, 1.82) is 0 Å². The average molecular weight is 434 g/mol. The van der Waals surface area contributed by atoms with Crippen molar-refractivity contribution >= 4 is 17.6 Å². The molecule has 1 N–H and O–H groups in total. The number of hydrogen-bond donors (Lipinski definition) is 1. The first-order valence-electron chi connectivity index (χ1n) is 10.7. The van der Waals surface area contributed by atoms with Gasteiger partial charge in [0, 0.05) is 23.5 Å². The van der Waals surface area contributed by atoms with Crippen molar-refractivity contribution < 1.29 is 14.0 Å². The molecule has 2 amide bonds. The number of hydrogen-bond acceptors (Lipinski definition) is 5. The van der Waals surface area contributed by atoms with E-state index < -0.39 is 0 Å². The highest BCUT2D eigenvalue weighted by molar-refractivity contribution is 6.00. The van der Waals surface area contributed by atoms with Crippen LogP contribution in [-0.2, 0) is 17.8 Å². The van der Waals surface area contributed by atoms with Gasteiger partial charge in [-0.2, -0.15) is 5.10 Å². The maximum absolute atomic E-state index is 13.3. The molecule has 0 aliphatic carbocycles. The Balaban J connectivity index is 1.47. The van der Waals surface area contributed by atoms with Crippen LogP contribution in [0.4, 0.5) is 10.2 Å². The number of nitrogens with zero attached hydrogens (tertiary/aromatic N) is 5. The first-order valence-corrected chi connectivity index (χ1v) is 10.7. The molecule has 1 fully saturated rings. The van der Waals surface area contributed by atoms with Gasteiger partial charge in [0.2, 0.25) is 5.91 Å². The number of aromatic nitrogens is 4. The molecule has 1 aromatic carbocycles. The van der Waals surface area contributed by atoms with Gasteiger partial charge >= 0.3 is 0 Å². The van der Waals surface area contributed by atoms with Gasteiger partial charge in [-0.3, -0.25) is 19.6 Å². The summed E-state index contributed by atoms with van der Waals surface area (Å²) in [7, 11) is 0. The molecule has 3 aromatic rings. The molecule has 1 atom stereocenters. The zero-order chi connectivity index (χ0) is 22.4. The van der Waals surface area contributed by atoms with Gasteiger partial charge < -0.3 is 4.90 Å². The third-order valence-corrected chi connectivity index (χ3v) is 6.22. The van der Waals surface area contributed by atoms with Crippen LogP contribution in [0.2, 0.25) is 0 Å². The Labute approximate surface area is 184 Å². The van der Waals surface area contributed by atoms with E-state index in [4.69, 9.17) is 9.97 Å². The van der Waals surface area contributed by atoms with Crippen LogP contribution in [0.3, 0.4) is 0 Å². The Hall–Kier alpha value is -3.62. The zero-order valence-corrected chi connectivity index (χ0v) is 17.9. The van der Waals surface area contributed by atoms with Crippen molar-refractivity contribution in [2.45, 2.75) is 45.7 Å². The predicted molar refractivity (Wildman–Crippen MR) is 114 cm³/mol. The van der Waals surface area contributed by atoms with Gasteiger partial charge in [0.25, 0.3) is 5.91 Å². The fraction of sp³-hybridized carbons (Fsp3) is 0.348. The summed E-state index contributed by atoms with van der Waals surface area (Å²) in [5.41, 5.74) is 3.64. The highest BCUT2D eigenvalue weighted by atomic mass is 19.1. The van der Waals surface area contributed by atoms with Crippen LogP contribution in [-0.4, -0.2) is 43.4 Å². The lowest BCUT2D eigenvalue weighted by molar-refractivity contribution is -0.117. The summed E-state index contributed by atoms with van der Waals surface area (Å²) < 4.78 is 13.3. The Kier molecular flexibility index (Phi) is 4.96. The molecule has 1 saturated heterocycles. The smallest absolute Gasteiger partial charge is 0.257 e. The number of fused-ring (bicyclic) bond motifs is 1. The van der Waals surface area contributed by atoms with E-state index in [-0.39, 0.29) is 30.1 Å². The number of carbonyl (C=O) groups excluding carboxylic acids is 2. The minimum atomic E-state index is -0.318. The van der Waals surface area contributed by atoms with Gasteiger partial charge in [-0.05, 0) is 44.4 Å². The SMILES string of the molecule is Cc1nc(C2CCCN2C(=O)c2cn[nH]c2C)nc2c1CC(=O)N2Cc1ccc(F)cc1. The fourth-order valence-corrected chi connectivity index (χ4v) is 4.48. The molecular weight excluding hydrogens is 411 g/mol. The van der Waals surface area contributed by atoms with Crippen molar-refractivity contribution in [2.75, 3.05) is 11.4 Å². The van der Waals surface area contributed by atoms with Gasteiger partial charge in [-0.25, -0.2) is 14.4 Å². The first kappa shape index (κ1) is 20.3. The third kappa shape index (κ3) is 3.43. The Morgan fingerprint density at radius 1 is 1.22 bits per heavy atom. The topological polar surface area (TPSA) is 95.1 Å². The highest BCUT2D eigenvalue weighted by Crippen LogP contribution is 2.36. The second-order valence-corrected chi connectivity index (χ2v) is 8.32. The molecule has 0 saturated carbocycles. The number of anilines is 1. The van der Waals surface area contributed by atoms with Crippen LogP contribution in [0.1, 0.15) is 57.6 Å². The molecule has 0 spiro atoms. The molecule has 32 heavy (non-hydrogen) atoms. The summed E-state index contributed by atoms with van der Waals surface area (Å²) in [6.07, 6.45) is 3.40. The minimum Gasteiger partial charge on any atom is -0.328 e. The number of rotatable bonds is 4. The van der Waals surface area contributed by atoms with Crippen LogP contribution in [0.25, 0.3) is 0 Å². The molecule has 2 aromatic heterocycles. The van der Waals surface area contributed by atoms with E-state index in [0.717, 1.165) is 35.4 Å². The Morgan fingerprint density at radius 3 is 2.72 bits per heavy atom. The molecule has 8 nitrogen and oxygen atoms in total. The average Bonchev–Trinajstić information content (AvgIpc) is 3.49. The molecule has 2 aliphatic heterocycles. The minimum absolute atomic E-state index is 0.0627. The fourth-order valence-electron chi connectivity index (χ4n) is 4.48. The molecule has 0 radical (unpaired) electrons. The lowest BCUT2D eigenvalue weighted by Crippen LogP contribution is -2.32. The van der Waals surface area contributed by atoms with Gasteiger partial charge in [-0.15, -0.1) is 0 Å². The lowest BCUT2D eigenvalue weighted by atomic mass is 10.1. The van der Waals surface area contributed by atoms with Crippen LogP contribution in [0, 0.1) is 19.7 Å². The van der Waals surface area contributed by atoms with Crippen molar-refractivity contribution in [2.24, 2.45) is 0 Å². The maximum atomic E-state index is 13.3. The van der Waals surface area contributed by atoms with E-state index in [1.165, 1.54) is 12.1 Å². The molecule has 0 bridgehead atoms. The molecule has 5 rings (SSSR count). The Morgan fingerprint density at radius 2 is 2.00 bits per heavy atom. The summed E-state index contributed by atoms with van der Waals surface area (Å²) in [6, 6.07) is 5.84. The zero-order valence-electron chi connectivity index (χ0n) is 17.9. The summed E-state index contributed by atoms with van der Waals surface area (Å²) in [5, 5.41) is 6.78. The van der Waals surface area contributed by atoms with E-state index in [1.807, 2.05) is 13.8 Å². The van der Waals surface area contributed by atoms with Gasteiger partial charge in [0.1, 0.15) is 11.6 Å². The van der Waals surface area contributed by atoms with Gasteiger partial charge in [0.05, 0.1) is 30.8 Å². The number of nitrogens with one attached hydrogen (secondary N) is 1. The number of likely N-dealkylation sites (tertiary alicyclic amines) is 1. The lowest BCUT2D eigenvalue weighted by Gasteiger charge is -2.25. The number of benzene rings is 1. The summed E-state index contributed by atoms with van der Waals surface area (Å²) in [4.78, 5) is 38.8. The van der Waals surface area contributed by atoms with Gasteiger partial charge in [0.15, 0.2) is 5.82 Å². The van der Waals surface area contributed by atoms with E-state index in [9.17, 15) is 14.0 Å². The standard InChI is InChI=1S/C23H23FN6O2/c1-13-17-10-20(31)30(12-15-5-7-16(24)8-6-15)22(17)27-21(26-13)19-4-3-9-29(19)23(32)18-11-25-28-14(18)2/h5-8,11,19H,3-4,9-10,12H2,1-2H3,(H,25,28). The van der Waals surface area contributed by atoms with Crippen LogP contribution in [0.5, 0.6) is 0 Å². The molecular formula is C23H23FN6O2. The largest absolute Gasteiger partial charge is 0.328 e.